The van der Waals surface area contributed by atoms with E-state index in [0.29, 0.717) is 11.4 Å². The molecule has 8 heteroatoms. The number of nitrogens with one attached hydrogen (secondary N) is 2. The number of sulfonamides is 1. The Labute approximate surface area is 197 Å². The van der Waals surface area contributed by atoms with Crippen molar-refractivity contribution in [1.82, 2.24) is 5.32 Å². The van der Waals surface area contributed by atoms with Crippen LogP contribution in [0.25, 0.3) is 0 Å². The Morgan fingerprint density at radius 2 is 1.66 bits per heavy atom. The van der Waals surface area contributed by atoms with Crippen LogP contribution in [-0.2, 0) is 14.8 Å². The van der Waals surface area contributed by atoms with Crippen LogP contribution in [0.3, 0.4) is 0 Å². The van der Waals surface area contributed by atoms with Crippen LogP contribution in [0, 0.1) is 13.8 Å². The Morgan fingerprint density at radius 3 is 2.31 bits per heavy atom. The summed E-state index contributed by atoms with van der Waals surface area (Å²) < 4.78 is 34.5. The topological polar surface area (TPSA) is 84.5 Å². The van der Waals surface area contributed by atoms with Gasteiger partial charge in [-0.05, 0) is 79.9 Å². The van der Waals surface area contributed by atoms with E-state index in [1.165, 1.54) is 24.3 Å². The highest BCUT2D eigenvalue weighted by atomic mass is 79.9. The van der Waals surface area contributed by atoms with E-state index in [9.17, 15) is 13.2 Å². The molecule has 3 aromatic carbocycles. The van der Waals surface area contributed by atoms with E-state index < -0.39 is 10.0 Å². The summed E-state index contributed by atoms with van der Waals surface area (Å²) in [7, 11) is -3.74. The lowest BCUT2D eigenvalue weighted by Crippen LogP contribution is -2.31. The first-order chi connectivity index (χ1) is 15.1. The van der Waals surface area contributed by atoms with Crippen LogP contribution in [0.2, 0.25) is 0 Å². The Balaban J connectivity index is 1.57. The van der Waals surface area contributed by atoms with E-state index in [0.717, 1.165) is 21.2 Å². The van der Waals surface area contributed by atoms with E-state index in [2.05, 4.69) is 26.0 Å². The number of ether oxygens (including phenoxy) is 1. The Morgan fingerprint density at radius 1 is 1.00 bits per heavy atom. The third-order valence-corrected chi connectivity index (χ3v) is 6.80. The summed E-state index contributed by atoms with van der Waals surface area (Å²) in [4.78, 5) is 12.3. The molecule has 0 radical (unpaired) electrons. The molecule has 0 saturated carbocycles. The smallest absolute Gasteiger partial charge is 0.261 e. The highest BCUT2D eigenvalue weighted by Gasteiger charge is 2.16. The van der Waals surface area contributed by atoms with Crippen LogP contribution < -0.4 is 14.8 Å². The second-order valence-electron chi connectivity index (χ2n) is 7.52. The number of hydrogen-bond donors (Lipinski definition) is 2. The molecular formula is C24H25BrN2O4S. The summed E-state index contributed by atoms with van der Waals surface area (Å²) in [5.74, 6) is 0.135. The predicted octanol–water partition coefficient (Wildman–Crippen LogP) is 5.12. The number of halogens is 1. The minimum absolute atomic E-state index is 0.110. The van der Waals surface area contributed by atoms with Crippen molar-refractivity contribution in [1.29, 1.82) is 0 Å². The summed E-state index contributed by atoms with van der Waals surface area (Å²) in [5, 5.41) is 2.87. The zero-order valence-electron chi connectivity index (χ0n) is 18.1. The Bertz CT molecular complexity index is 1190. The average molecular weight is 517 g/mol. The minimum Gasteiger partial charge on any atom is -0.484 e. The Hall–Kier alpha value is -2.84. The third-order valence-electron chi connectivity index (χ3n) is 4.89. The van der Waals surface area contributed by atoms with Gasteiger partial charge in [-0.15, -0.1) is 0 Å². The predicted molar refractivity (Wildman–Crippen MR) is 129 cm³/mol. The molecule has 0 fully saturated rings. The van der Waals surface area contributed by atoms with E-state index in [4.69, 9.17) is 4.74 Å². The van der Waals surface area contributed by atoms with Crippen LogP contribution in [-0.4, -0.2) is 20.9 Å². The van der Waals surface area contributed by atoms with Crippen LogP contribution in [0.1, 0.15) is 29.7 Å². The molecule has 1 atom stereocenters. The highest BCUT2D eigenvalue weighted by Crippen LogP contribution is 2.23. The monoisotopic (exact) mass is 516 g/mol. The van der Waals surface area contributed by atoms with Gasteiger partial charge in [0, 0.05) is 4.47 Å². The van der Waals surface area contributed by atoms with Gasteiger partial charge in [-0.25, -0.2) is 8.42 Å². The first kappa shape index (κ1) is 23.8. The van der Waals surface area contributed by atoms with Gasteiger partial charge in [0.05, 0.1) is 16.6 Å². The van der Waals surface area contributed by atoms with Gasteiger partial charge >= 0.3 is 0 Å². The van der Waals surface area contributed by atoms with Crippen LogP contribution in [0.4, 0.5) is 5.69 Å². The Kier molecular flexibility index (Phi) is 7.58. The maximum Gasteiger partial charge on any atom is 0.261 e. The van der Waals surface area contributed by atoms with Gasteiger partial charge in [0.2, 0.25) is 0 Å². The van der Waals surface area contributed by atoms with E-state index >= 15 is 0 Å². The van der Waals surface area contributed by atoms with E-state index in [1.54, 1.807) is 6.07 Å². The van der Waals surface area contributed by atoms with Gasteiger partial charge in [0.25, 0.3) is 15.9 Å². The van der Waals surface area contributed by atoms with Gasteiger partial charge in [0.1, 0.15) is 5.75 Å². The van der Waals surface area contributed by atoms with Gasteiger partial charge < -0.3 is 10.1 Å². The normalized spacial score (nSPS) is 12.1. The number of rotatable bonds is 8. The van der Waals surface area contributed by atoms with Gasteiger partial charge in [-0.3, -0.25) is 9.52 Å². The van der Waals surface area contributed by atoms with Gasteiger partial charge in [-0.2, -0.15) is 0 Å². The molecule has 2 N–H and O–H groups in total. The summed E-state index contributed by atoms with van der Waals surface area (Å²) in [6.07, 6.45) is 0. The van der Waals surface area contributed by atoms with Gasteiger partial charge in [-0.1, -0.05) is 40.2 Å². The van der Waals surface area contributed by atoms with Crippen molar-refractivity contribution in [3.05, 3.63) is 87.9 Å². The van der Waals surface area contributed by atoms with E-state index in [1.807, 2.05) is 57.2 Å². The lowest BCUT2D eigenvalue weighted by Gasteiger charge is -2.15. The minimum atomic E-state index is -3.74. The summed E-state index contributed by atoms with van der Waals surface area (Å²) in [6, 6.07) is 19.1. The number of carbonyl (C=O) groups excluding carboxylic acids is 1. The molecule has 1 amide bonds. The maximum absolute atomic E-state index is 12.7. The van der Waals surface area contributed by atoms with Crippen molar-refractivity contribution in [2.75, 3.05) is 11.3 Å². The molecule has 0 aliphatic rings. The molecule has 0 heterocycles. The number of amides is 1. The van der Waals surface area contributed by atoms with Gasteiger partial charge in [0.15, 0.2) is 6.61 Å². The molecule has 0 unspecified atom stereocenters. The van der Waals surface area contributed by atoms with E-state index in [-0.39, 0.29) is 23.5 Å². The summed E-state index contributed by atoms with van der Waals surface area (Å²) in [5.41, 5.74) is 3.32. The lowest BCUT2D eigenvalue weighted by atomic mass is 10.1. The fraction of sp³-hybridized carbons (Fsp3) is 0.208. The molecule has 3 rings (SSSR count). The first-order valence-electron chi connectivity index (χ1n) is 10.0. The SMILES string of the molecule is Cc1ccc(C)c(NS(=O)(=O)c2ccc(OCC(=O)N[C@H](C)c3ccc(Br)cc3)cc2)c1. The standard InChI is InChI=1S/C24H25BrN2O4S/c1-16-4-5-17(2)23(14-16)27-32(29,30)22-12-10-21(11-13-22)31-15-24(28)26-18(3)19-6-8-20(25)9-7-19/h4-14,18,27H,15H2,1-3H3,(H,26,28)/t18-/m1/s1. The number of hydrogen-bond acceptors (Lipinski definition) is 4. The van der Waals surface area contributed by atoms with Crippen LogP contribution in [0.15, 0.2) is 76.1 Å². The molecular weight excluding hydrogens is 492 g/mol. The van der Waals surface area contributed by atoms with Crippen LogP contribution >= 0.6 is 15.9 Å². The number of benzene rings is 3. The van der Waals surface area contributed by atoms with Crippen molar-refractivity contribution in [3.8, 4) is 5.75 Å². The van der Waals surface area contributed by atoms with Crippen molar-refractivity contribution < 1.29 is 17.9 Å². The number of aryl methyl sites for hydroxylation is 2. The molecule has 0 aliphatic carbocycles. The fourth-order valence-electron chi connectivity index (χ4n) is 3.03. The van der Waals surface area contributed by atoms with Crippen molar-refractivity contribution in [2.45, 2.75) is 31.7 Å². The summed E-state index contributed by atoms with van der Waals surface area (Å²) >= 11 is 3.39. The number of anilines is 1. The average Bonchev–Trinajstić information content (AvgIpc) is 2.75. The molecule has 0 bridgehead atoms. The highest BCUT2D eigenvalue weighted by molar-refractivity contribution is 9.10. The van der Waals surface area contributed by atoms with Crippen molar-refractivity contribution in [2.24, 2.45) is 0 Å². The largest absolute Gasteiger partial charge is 0.484 e. The van der Waals surface area contributed by atoms with Crippen molar-refractivity contribution in [3.63, 3.8) is 0 Å². The van der Waals surface area contributed by atoms with Crippen LogP contribution in [0.5, 0.6) is 5.75 Å². The lowest BCUT2D eigenvalue weighted by molar-refractivity contribution is -0.123. The maximum atomic E-state index is 12.7. The zero-order valence-corrected chi connectivity index (χ0v) is 20.5. The molecule has 0 spiro atoms. The van der Waals surface area contributed by atoms with Crippen molar-refractivity contribution >= 4 is 37.5 Å². The number of carbonyl (C=O) groups is 1. The quantitative estimate of drug-likeness (QED) is 0.434. The fourth-order valence-corrected chi connectivity index (χ4v) is 4.42. The molecule has 168 valence electrons. The molecule has 32 heavy (non-hydrogen) atoms. The molecule has 0 aromatic heterocycles. The molecule has 6 nitrogen and oxygen atoms in total. The molecule has 0 aliphatic heterocycles. The second kappa shape index (κ2) is 10.2. The molecule has 3 aromatic rings. The summed E-state index contributed by atoms with van der Waals surface area (Å²) in [6.45, 7) is 5.47. The first-order valence-corrected chi connectivity index (χ1v) is 12.3. The molecule has 0 saturated heterocycles. The second-order valence-corrected chi connectivity index (χ2v) is 10.1. The third kappa shape index (κ3) is 6.34. The zero-order chi connectivity index (χ0) is 23.3.